The third-order valence-corrected chi connectivity index (χ3v) is 4.35. The van der Waals surface area contributed by atoms with Gasteiger partial charge < -0.3 is 5.32 Å². The molecule has 94 valence electrons. The Kier molecular flexibility index (Phi) is 4.80. The lowest BCUT2D eigenvalue weighted by Crippen LogP contribution is -2.22. The molecule has 18 heavy (non-hydrogen) atoms. The number of rotatable bonds is 4. The van der Waals surface area contributed by atoms with Crippen LogP contribution in [0.5, 0.6) is 0 Å². The molecule has 0 spiro atoms. The number of thiophene rings is 1. The molecule has 0 fully saturated rings. The molecular formula is C13H11BrClNOS. The number of halogens is 2. The van der Waals surface area contributed by atoms with Crippen LogP contribution in [0.4, 0.5) is 0 Å². The molecule has 0 saturated heterocycles. The smallest absolute Gasteiger partial charge is 0.251 e. The van der Waals surface area contributed by atoms with Crippen molar-refractivity contribution < 1.29 is 4.79 Å². The first kappa shape index (κ1) is 13.6. The van der Waals surface area contributed by atoms with E-state index in [1.807, 2.05) is 24.3 Å². The summed E-state index contributed by atoms with van der Waals surface area (Å²) in [6, 6.07) is 11.3. The summed E-state index contributed by atoms with van der Waals surface area (Å²) in [7, 11) is 0. The van der Waals surface area contributed by atoms with E-state index in [0.29, 0.717) is 18.0 Å². The molecule has 1 N–H and O–H groups in total. The number of carbonyl (C=O) groups excluding carboxylic acids is 1. The van der Waals surface area contributed by atoms with Gasteiger partial charge in [-0.25, -0.2) is 0 Å². The van der Waals surface area contributed by atoms with Crippen molar-refractivity contribution in [3.63, 3.8) is 0 Å². The zero-order valence-electron chi connectivity index (χ0n) is 9.45. The van der Waals surface area contributed by atoms with Crippen molar-refractivity contribution in [1.82, 2.24) is 5.32 Å². The first-order valence-corrected chi connectivity index (χ1v) is 7.51. The highest BCUT2D eigenvalue weighted by molar-refractivity contribution is 9.11. The molecule has 0 aliphatic heterocycles. The Morgan fingerprint density at radius 2 is 1.94 bits per heavy atom. The van der Waals surface area contributed by atoms with Crippen molar-refractivity contribution in [3.8, 4) is 0 Å². The Morgan fingerprint density at radius 1 is 1.22 bits per heavy atom. The summed E-state index contributed by atoms with van der Waals surface area (Å²) in [5, 5.41) is 2.88. The van der Waals surface area contributed by atoms with E-state index in [1.54, 1.807) is 23.5 Å². The van der Waals surface area contributed by atoms with Gasteiger partial charge in [0.15, 0.2) is 0 Å². The van der Waals surface area contributed by atoms with Gasteiger partial charge in [-0.2, -0.15) is 0 Å². The molecule has 0 aliphatic carbocycles. The molecule has 2 nitrogen and oxygen atoms in total. The lowest BCUT2D eigenvalue weighted by molar-refractivity contribution is 0.0951. The largest absolute Gasteiger partial charge is 0.347 e. The van der Waals surface area contributed by atoms with Crippen molar-refractivity contribution in [2.75, 3.05) is 0 Å². The van der Waals surface area contributed by atoms with Crippen molar-refractivity contribution in [2.45, 2.75) is 12.4 Å². The van der Waals surface area contributed by atoms with E-state index in [1.165, 1.54) is 0 Å². The number of alkyl halides is 1. The van der Waals surface area contributed by atoms with Crippen LogP contribution in [-0.4, -0.2) is 5.91 Å². The molecule has 1 amide bonds. The van der Waals surface area contributed by atoms with Crippen LogP contribution < -0.4 is 5.32 Å². The van der Waals surface area contributed by atoms with Crippen LogP contribution in [0, 0.1) is 0 Å². The van der Waals surface area contributed by atoms with E-state index in [2.05, 4.69) is 21.2 Å². The summed E-state index contributed by atoms with van der Waals surface area (Å²) in [4.78, 5) is 13.0. The molecular weight excluding hydrogens is 334 g/mol. The van der Waals surface area contributed by atoms with Gasteiger partial charge in [0.1, 0.15) is 0 Å². The molecule has 0 aliphatic rings. The average molecular weight is 345 g/mol. The zero-order chi connectivity index (χ0) is 13.0. The Bertz CT molecular complexity index is 538. The van der Waals surface area contributed by atoms with Gasteiger partial charge in [-0.05, 0) is 45.8 Å². The molecule has 0 saturated carbocycles. The standard InChI is InChI=1S/C13H11BrClNOS/c14-12-6-5-11(18-12)8-16-13(17)10-3-1-9(7-15)2-4-10/h1-6H,7-8H2,(H,16,17). The fraction of sp³-hybridized carbons (Fsp3) is 0.154. The van der Waals surface area contributed by atoms with Gasteiger partial charge >= 0.3 is 0 Å². The molecule has 0 unspecified atom stereocenters. The summed E-state index contributed by atoms with van der Waals surface area (Å²) in [5.41, 5.74) is 1.66. The lowest BCUT2D eigenvalue weighted by atomic mass is 10.1. The molecule has 2 aromatic rings. The molecule has 0 atom stereocenters. The Morgan fingerprint density at radius 3 is 2.50 bits per heavy atom. The first-order chi connectivity index (χ1) is 8.69. The highest BCUT2D eigenvalue weighted by Gasteiger charge is 2.05. The van der Waals surface area contributed by atoms with E-state index in [0.717, 1.165) is 14.2 Å². The Labute approximate surface area is 123 Å². The maximum Gasteiger partial charge on any atom is 0.251 e. The first-order valence-electron chi connectivity index (χ1n) is 5.36. The van der Waals surface area contributed by atoms with Crippen molar-refractivity contribution in [2.24, 2.45) is 0 Å². The van der Waals surface area contributed by atoms with Crippen LogP contribution in [0.2, 0.25) is 0 Å². The van der Waals surface area contributed by atoms with Gasteiger partial charge in [-0.15, -0.1) is 22.9 Å². The normalized spacial score (nSPS) is 10.3. The number of hydrogen-bond donors (Lipinski definition) is 1. The molecule has 2 rings (SSSR count). The van der Waals surface area contributed by atoms with Gasteiger partial charge in [0.05, 0.1) is 10.3 Å². The highest BCUT2D eigenvalue weighted by atomic mass is 79.9. The van der Waals surface area contributed by atoms with E-state index < -0.39 is 0 Å². The number of nitrogens with one attached hydrogen (secondary N) is 1. The van der Waals surface area contributed by atoms with Crippen molar-refractivity contribution in [3.05, 3.63) is 56.2 Å². The van der Waals surface area contributed by atoms with Crippen LogP contribution in [0.3, 0.4) is 0 Å². The second kappa shape index (κ2) is 6.36. The SMILES string of the molecule is O=C(NCc1ccc(Br)s1)c1ccc(CCl)cc1. The van der Waals surface area contributed by atoms with Crippen LogP contribution in [-0.2, 0) is 12.4 Å². The van der Waals surface area contributed by atoms with Gasteiger partial charge in [-0.3, -0.25) is 4.79 Å². The molecule has 5 heteroatoms. The summed E-state index contributed by atoms with van der Waals surface area (Å²) in [6.45, 7) is 0.548. The third kappa shape index (κ3) is 3.57. The zero-order valence-corrected chi connectivity index (χ0v) is 12.6. The lowest BCUT2D eigenvalue weighted by Gasteiger charge is -2.04. The molecule has 0 radical (unpaired) electrons. The minimum absolute atomic E-state index is 0.0688. The summed E-state index contributed by atoms with van der Waals surface area (Å²) >= 11 is 10.7. The van der Waals surface area contributed by atoms with Crippen LogP contribution in [0.25, 0.3) is 0 Å². The van der Waals surface area contributed by atoms with Crippen molar-refractivity contribution >= 4 is 44.8 Å². The van der Waals surface area contributed by atoms with E-state index in [9.17, 15) is 4.79 Å². The highest BCUT2D eigenvalue weighted by Crippen LogP contribution is 2.21. The van der Waals surface area contributed by atoms with Crippen LogP contribution in [0.15, 0.2) is 40.2 Å². The number of amides is 1. The van der Waals surface area contributed by atoms with Crippen LogP contribution in [0.1, 0.15) is 20.8 Å². The van der Waals surface area contributed by atoms with Crippen molar-refractivity contribution in [1.29, 1.82) is 0 Å². The quantitative estimate of drug-likeness (QED) is 0.828. The number of benzene rings is 1. The number of hydrogen-bond acceptors (Lipinski definition) is 2. The summed E-state index contributed by atoms with van der Waals surface area (Å²) in [5.74, 6) is 0.395. The number of carbonyl (C=O) groups is 1. The second-order valence-electron chi connectivity index (χ2n) is 3.72. The predicted octanol–water partition coefficient (Wildman–Crippen LogP) is 4.18. The van der Waals surface area contributed by atoms with Gasteiger partial charge in [0.2, 0.25) is 0 Å². The molecule has 1 aromatic carbocycles. The molecule has 1 heterocycles. The fourth-order valence-corrected chi connectivity index (χ4v) is 3.06. The maximum atomic E-state index is 11.9. The van der Waals surface area contributed by atoms with E-state index in [4.69, 9.17) is 11.6 Å². The average Bonchev–Trinajstić information content (AvgIpc) is 2.82. The van der Waals surface area contributed by atoms with Crippen LogP contribution >= 0.6 is 38.9 Å². The predicted molar refractivity (Wildman–Crippen MR) is 79.2 cm³/mol. The topological polar surface area (TPSA) is 29.1 Å². The molecule has 0 bridgehead atoms. The van der Waals surface area contributed by atoms with Gasteiger partial charge in [-0.1, -0.05) is 12.1 Å². The minimum Gasteiger partial charge on any atom is -0.347 e. The fourth-order valence-electron chi connectivity index (χ4n) is 1.46. The van der Waals surface area contributed by atoms with E-state index >= 15 is 0 Å². The Balaban J connectivity index is 1.94. The van der Waals surface area contributed by atoms with E-state index in [-0.39, 0.29) is 5.91 Å². The maximum absolute atomic E-state index is 11.9. The second-order valence-corrected chi connectivity index (χ2v) is 6.53. The third-order valence-electron chi connectivity index (χ3n) is 2.42. The monoisotopic (exact) mass is 343 g/mol. The summed E-state index contributed by atoms with van der Waals surface area (Å²) in [6.07, 6.45) is 0. The molecule has 1 aromatic heterocycles. The minimum atomic E-state index is -0.0688. The van der Waals surface area contributed by atoms with Gasteiger partial charge in [0.25, 0.3) is 5.91 Å². The van der Waals surface area contributed by atoms with Gasteiger partial charge in [0, 0.05) is 16.3 Å². The summed E-state index contributed by atoms with van der Waals surface area (Å²) < 4.78 is 1.07. The Hall–Kier alpha value is -0.840.